The van der Waals surface area contributed by atoms with Crippen LogP contribution in [0.1, 0.15) is 0 Å². The van der Waals surface area contributed by atoms with Crippen LogP contribution in [0.15, 0.2) is 54.0 Å². The van der Waals surface area contributed by atoms with Crippen molar-refractivity contribution in [3.05, 3.63) is 54.0 Å². The van der Waals surface area contributed by atoms with Crippen molar-refractivity contribution in [1.29, 1.82) is 0 Å². The molecular formula is C17H10N2S. The Hall–Kier alpha value is -2.39. The zero-order chi connectivity index (χ0) is 13.1. The second-order valence-corrected chi connectivity index (χ2v) is 5.94. The molecule has 5 aromatic rings. The van der Waals surface area contributed by atoms with Gasteiger partial charge in [0.1, 0.15) is 0 Å². The number of hydrogen-bond acceptors (Lipinski definition) is 2. The van der Waals surface area contributed by atoms with Crippen molar-refractivity contribution in [3.8, 4) is 0 Å². The number of fused-ring (bicyclic) bond motifs is 6. The molecule has 0 fully saturated rings. The zero-order valence-corrected chi connectivity index (χ0v) is 11.4. The Morgan fingerprint density at radius 2 is 1.85 bits per heavy atom. The summed E-state index contributed by atoms with van der Waals surface area (Å²) in [6, 6.07) is 17.3. The molecule has 0 bridgehead atoms. The molecule has 3 heteroatoms. The molecule has 0 atom stereocenters. The number of nitrogens with zero attached hydrogens (tertiary/aromatic N) is 1. The molecule has 0 spiro atoms. The summed E-state index contributed by atoms with van der Waals surface area (Å²) in [5, 5.41) is 5.13. The minimum Gasteiger partial charge on any atom is -0.354 e. The average Bonchev–Trinajstić information content (AvgIpc) is 3.08. The lowest BCUT2D eigenvalue weighted by molar-refractivity contribution is 1.51. The summed E-state index contributed by atoms with van der Waals surface area (Å²) in [6.45, 7) is 0. The number of aromatic amines is 1. The summed E-state index contributed by atoms with van der Waals surface area (Å²) in [5.74, 6) is 0. The first-order chi connectivity index (χ1) is 9.90. The minimum atomic E-state index is 1.08. The Morgan fingerprint density at radius 1 is 0.900 bits per heavy atom. The van der Waals surface area contributed by atoms with Gasteiger partial charge in [-0.3, -0.25) is 0 Å². The SMILES string of the molecule is c1ccc2c(c1)[nH]c1ccc3cc4scnc4cc3c12. The summed E-state index contributed by atoms with van der Waals surface area (Å²) in [5.41, 5.74) is 5.37. The average molecular weight is 274 g/mol. The van der Waals surface area contributed by atoms with E-state index in [0.29, 0.717) is 0 Å². The Balaban J connectivity index is 2.12. The summed E-state index contributed by atoms with van der Waals surface area (Å²) in [7, 11) is 0. The third-order valence-electron chi connectivity index (χ3n) is 3.94. The number of thiazole rings is 1. The second kappa shape index (κ2) is 3.58. The quantitative estimate of drug-likeness (QED) is 0.419. The van der Waals surface area contributed by atoms with Crippen molar-refractivity contribution in [2.24, 2.45) is 0 Å². The molecule has 0 saturated heterocycles. The number of nitrogens with one attached hydrogen (secondary N) is 1. The second-order valence-electron chi connectivity index (χ2n) is 5.05. The van der Waals surface area contributed by atoms with E-state index in [4.69, 9.17) is 0 Å². The van der Waals surface area contributed by atoms with Crippen molar-refractivity contribution in [3.63, 3.8) is 0 Å². The number of rotatable bonds is 0. The van der Waals surface area contributed by atoms with E-state index in [9.17, 15) is 0 Å². The molecule has 0 aliphatic rings. The van der Waals surface area contributed by atoms with E-state index in [0.717, 1.165) is 5.52 Å². The van der Waals surface area contributed by atoms with Crippen LogP contribution in [0.2, 0.25) is 0 Å². The first kappa shape index (κ1) is 10.4. The molecule has 2 nitrogen and oxygen atoms in total. The molecule has 0 unspecified atom stereocenters. The Morgan fingerprint density at radius 3 is 2.85 bits per heavy atom. The fraction of sp³-hybridized carbons (Fsp3) is 0. The van der Waals surface area contributed by atoms with Crippen LogP contribution in [0.5, 0.6) is 0 Å². The van der Waals surface area contributed by atoms with Gasteiger partial charge in [0.05, 0.1) is 15.7 Å². The molecule has 0 aliphatic carbocycles. The molecule has 2 heterocycles. The van der Waals surface area contributed by atoms with E-state index in [-0.39, 0.29) is 0 Å². The maximum Gasteiger partial charge on any atom is 0.0818 e. The number of aromatic nitrogens is 2. The Labute approximate surface area is 118 Å². The summed E-state index contributed by atoms with van der Waals surface area (Å²) < 4.78 is 1.25. The van der Waals surface area contributed by atoms with E-state index in [1.807, 2.05) is 5.51 Å². The van der Waals surface area contributed by atoms with E-state index in [1.165, 1.54) is 37.3 Å². The highest BCUT2D eigenvalue weighted by molar-refractivity contribution is 7.16. The normalized spacial score (nSPS) is 12.0. The number of hydrogen-bond donors (Lipinski definition) is 1. The molecule has 20 heavy (non-hydrogen) atoms. The van der Waals surface area contributed by atoms with Crippen LogP contribution >= 0.6 is 11.3 Å². The van der Waals surface area contributed by atoms with Gasteiger partial charge in [0.15, 0.2) is 0 Å². The van der Waals surface area contributed by atoms with Gasteiger partial charge < -0.3 is 4.98 Å². The van der Waals surface area contributed by atoms with Gasteiger partial charge in [0.25, 0.3) is 0 Å². The Bertz CT molecular complexity index is 1100. The predicted molar refractivity (Wildman–Crippen MR) is 86.5 cm³/mol. The smallest absolute Gasteiger partial charge is 0.0818 e. The van der Waals surface area contributed by atoms with Crippen molar-refractivity contribution >= 4 is 54.1 Å². The lowest BCUT2D eigenvalue weighted by Crippen LogP contribution is -1.76. The van der Waals surface area contributed by atoms with Gasteiger partial charge in [0.2, 0.25) is 0 Å². The standard InChI is InChI=1S/C17H10N2S/c1-2-4-13-11(3-1)17-12-8-15-16(20-9-18-15)7-10(12)5-6-14(17)19-13/h1-9,19H. The number of benzene rings is 3. The van der Waals surface area contributed by atoms with Crippen molar-refractivity contribution in [2.45, 2.75) is 0 Å². The predicted octanol–water partition coefficient (Wildman–Crippen LogP) is 5.08. The monoisotopic (exact) mass is 274 g/mol. The van der Waals surface area contributed by atoms with Gasteiger partial charge in [-0.15, -0.1) is 11.3 Å². The zero-order valence-electron chi connectivity index (χ0n) is 10.6. The highest BCUT2D eigenvalue weighted by atomic mass is 32.1. The maximum absolute atomic E-state index is 4.45. The van der Waals surface area contributed by atoms with Crippen LogP contribution in [0.4, 0.5) is 0 Å². The molecule has 0 saturated carbocycles. The van der Waals surface area contributed by atoms with Crippen LogP contribution in [-0.4, -0.2) is 9.97 Å². The van der Waals surface area contributed by atoms with E-state index < -0.39 is 0 Å². The number of para-hydroxylation sites is 1. The van der Waals surface area contributed by atoms with Crippen molar-refractivity contribution in [2.75, 3.05) is 0 Å². The summed E-state index contributed by atoms with van der Waals surface area (Å²) in [4.78, 5) is 7.94. The van der Waals surface area contributed by atoms with E-state index in [2.05, 4.69) is 58.5 Å². The fourth-order valence-electron chi connectivity index (χ4n) is 3.02. The first-order valence-electron chi connectivity index (χ1n) is 6.56. The highest BCUT2D eigenvalue weighted by Gasteiger charge is 2.09. The molecule has 2 aromatic heterocycles. The van der Waals surface area contributed by atoms with Crippen LogP contribution in [0.3, 0.4) is 0 Å². The van der Waals surface area contributed by atoms with Gasteiger partial charge in [0, 0.05) is 21.8 Å². The molecule has 94 valence electrons. The molecule has 0 amide bonds. The summed E-state index contributed by atoms with van der Waals surface area (Å²) in [6.07, 6.45) is 0. The third-order valence-corrected chi connectivity index (χ3v) is 4.73. The molecule has 0 aliphatic heterocycles. The molecular weight excluding hydrogens is 264 g/mol. The first-order valence-corrected chi connectivity index (χ1v) is 7.44. The maximum atomic E-state index is 4.45. The lowest BCUT2D eigenvalue weighted by atomic mass is 10.0. The molecule has 3 aromatic carbocycles. The van der Waals surface area contributed by atoms with Crippen LogP contribution in [0.25, 0.3) is 42.8 Å². The van der Waals surface area contributed by atoms with Gasteiger partial charge in [-0.05, 0) is 35.0 Å². The number of H-pyrrole nitrogens is 1. The van der Waals surface area contributed by atoms with E-state index >= 15 is 0 Å². The summed E-state index contributed by atoms with van der Waals surface area (Å²) >= 11 is 1.69. The third kappa shape index (κ3) is 1.25. The highest BCUT2D eigenvalue weighted by Crippen LogP contribution is 2.34. The minimum absolute atomic E-state index is 1.08. The molecule has 0 radical (unpaired) electrons. The topological polar surface area (TPSA) is 28.7 Å². The van der Waals surface area contributed by atoms with E-state index in [1.54, 1.807) is 11.3 Å². The van der Waals surface area contributed by atoms with Crippen molar-refractivity contribution in [1.82, 2.24) is 9.97 Å². The van der Waals surface area contributed by atoms with Crippen molar-refractivity contribution < 1.29 is 0 Å². The molecule has 1 N–H and O–H groups in total. The van der Waals surface area contributed by atoms with Crippen LogP contribution in [0, 0.1) is 0 Å². The fourth-order valence-corrected chi connectivity index (χ4v) is 3.73. The Kier molecular flexibility index (Phi) is 1.86. The van der Waals surface area contributed by atoms with Gasteiger partial charge in [-0.1, -0.05) is 24.3 Å². The van der Waals surface area contributed by atoms with Gasteiger partial charge in [-0.2, -0.15) is 0 Å². The molecule has 5 rings (SSSR count). The van der Waals surface area contributed by atoms with Gasteiger partial charge >= 0.3 is 0 Å². The lowest BCUT2D eigenvalue weighted by Gasteiger charge is -2.01. The van der Waals surface area contributed by atoms with Crippen LogP contribution < -0.4 is 0 Å². The largest absolute Gasteiger partial charge is 0.354 e. The van der Waals surface area contributed by atoms with Gasteiger partial charge in [-0.25, -0.2) is 4.98 Å². The van der Waals surface area contributed by atoms with Crippen LogP contribution in [-0.2, 0) is 0 Å².